The number of nitrogens with one attached hydrogen (secondary N) is 1. The maximum atomic E-state index is 13.2. The van der Waals surface area contributed by atoms with Crippen molar-refractivity contribution in [1.29, 1.82) is 0 Å². The van der Waals surface area contributed by atoms with Gasteiger partial charge in [-0.15, -0.1) is 10.2 Å². The van der Waals surface area contributed by atoms with Crippen LogP contribution in [0.2, 0.25) is 0 Å². The highest BCUT2D eigenvalue weighted by molar-refractivity contribution is 7.77. The molecule has 2 aromatic heterocycles. The van der Waals surface area contributed by atoms with Crippen LogP contribution >= 0.6 is 0 Å². The zero-order chi connectivity index (χ0) is 22.1. The van der Waals surface area contributed by atoms with Crippen LogP contribution in [0.3, 0.4) is 0 Å². The zero-order valence-corrected chi connectivity index (χ0v) is 18.4. The van der Waals surface area contributed by atoms with E-state index in [2.05, 4.69) is 14.9 Å². The number of fused-ring (bicyclic) bond motifs is 1. The molecule has 9 nitrogen and oxygen atoms in total. The van der Waals surface area contributed by atoms with Gasteiger partial charge in [0, 0.05) is 18.2 Å². The van der Waals surface area contributed by atoms with Crippen molar-refractivity contribution >= 4 is 23.0 Å². The largest absolute Gasteiger partial charge is 0.310 e. The highest BCUT2D eigenvalue weighted by Crippen LogP contribution is 2.32. The number of pyridine rings is 1. The van der Waals surface area contributed by atoms with Crippen molar-refractivity contribution < 1.29 is 13.6 Å². The fourth-order valence-electron chi connectivity index (χ4n) is 3.86. The Morgan fingerprint density at radius 2 is 2.06 bits per heavy atom. The zero-order valence-electron chi connectivity index (χ0n) is 17.6. The Morgan fingerprint density at radius 1 is 1.26 bits per heavy atom. The number of nitrogens with zero attached hydrogens (tertiary/aromatic N) is 5. The van der Waals surface area contributed by atoms with E-state index in [4.69, 9.17) is 9.54 Å². The third-order valence-electron chi connectivity index (χ3n) is 5.43. The topological polar surface area (TPSA) is 113 Å². The van der Waals surface area contributed by atoms with Gasteiger partial charge in [0.15, 0.2) is 5.82 Å². The predicted octanol–water partition coefficient (Wildman–Crippen LogP) is 2.66. The number of carbonyl (C=O) groups excluding carboxylic acids is 1. The molecule has 1 aliphatic heterocycles. The monoisotopic (exact) mass is 440 g/mol. The molecule has 1 amide bonds. The Kier molecular flexibility index (Phi) is 5.94. The summed E-state index contributed by atoms with van der Waals surface area (Å²) in [5.74, 6) is 1.10. The number of hydrogen-bond acceptors (Lipinski definition) is 5. The number of aromatic nitrogens is 4. The Hall–Kier alpha value is -2.95. The number of rotatable bonds is 7. The van der Waals surface area contributed by atoms with Crippen molar-refractivity contribution in [3.63, 3.8) is 0 Å². The van der Waals surface area contributed by atoms with Crippen LogP contribution < -0.4 is 9.62 Å². The molecule has 0 spiro atoms. The minimum absolute atomic E-state index is 0.107. The van der Waals surface area contributed by atoms with Gasteiger partial charge in [-0.1, -0.05) is 12.1 Å². The fraction of sp³-hybridized carbons (Fsp3) is 0.333. The Morgan fingerprint density at radius 3 is 2.81 bits per heavy atom. The summed E-state index contributed by atoms with van der Waals surface area (Å²) in [6.07, 6.45) is 2.22. The molecule has 10 heteroatoms. The first-order valence-electron chi connectivity index (χ1n) is 10.0. The lowest BCUT2D eigenvalue weighted by atomic mass is 9.96. The minimum Gasteiger partial charge on any atom is -0.310 e. The molecule has 3 heterocycles. The molecule has 0 fully saturated rings. The lowest BCUT2D eigenvalue weighted by Crippen LogP contribution is -2.24. The number of hydrogen-bond donors (Lipinski definition) is 2. The summed E-state index contributed by atoms with van der Waals surface area (Å²) in [5.41, 5.74) is 4.29. The van der Waals surface area contributed by atoms with E-state index in [0.29, 0.717) is 42.4 Å². The van der Waals surface area contributed by atoms with Gasteiger partial charge in [-0.2, -0.15) is 0 Å². The number of carbonyl (C=O) groups is 1. The van der Waals surface area contributed by atoms with Gasteiger partial charge in [-0.3, -0.25) is 14.2 Å². The van der Waals surface area contributed by atoms with Crippen LogP contribution in [0.15, 0.2) is 36.7 Å². The van der Waals surface area contributed by atoms with E-state index in [0.717, 1.165) is 16.7 Å². The smallest absolute Gasteiger partial charge is 0.260 e. The average Bonchev–Trinajstić information content (AvgIpc) is 3.35. The molecule has 1 atom stereocenters. The van der Waals surface area contributed by atoms with Crippen molar-refractivity contribution in [2.75, 3.05) is 11.4 Å². The van der Waals surface area contributed by atoms with Gasteiger partial charge in [0.1, 0.15) is 17.8 Å². The van der Waals surface area contributed by atoms with E-state index in [1.807, 2.05) is 55.7 Å². The Balaban J connectivity index is 1.65. The second kappa shape index (κ2) is 8.66. The number of anilines is 1. The second-order valence-corrected chi connectivity index (χ2v) is 8.50. The van der Waals surface area contributed by atoms with Gasteiger partial charge in [0.2, 0.25) is 11.3 Å². The SMILES string of the molecule is Cc1ccc2c(c1CCNS(=O)O)CN(c1cccc(-c3nncn3C(C)C)n1)C2=O. The number of aryl methyl sites for hydroxylation is 1. The van der Waals surface area contributed by atoms with Crippen LogP contribution in [0.1, 0.15) is 46.9 Å². The van der Waals surface area contributed by atoms with Crippen molar-refractivity contribution in [3.05, 3.63) is 58.9 Å². The summed E-state index contributed by atoms with van der Waals surface area (Å²) in [6.45, 7) is 6.81. The molecule has 1 unspecified atom stereocenters. The molecule has 0 aliphatic carbocycles. The van der Waals surface area contributed by atoms with Crippen molar-refractivity contribution in [2.24, 2.45) is 0 Å². The van der Waals surface area contributed by atoms with Gasteiger partial charge in [0.25, 0.3) is 5.91 Å². The summed E-state index contributed by atoms with van der Waals surface area (Å²) >= 11 is -2.06. The molecule has 0 radical (unpaired) electrons. The first-order valence-corrected chi connectivity index (χ1v) is 11.1. The van der Waals surface area contributed by atoms with Crippen LogP contribution in [-0.2, 0) is 24.2 Å². The summed E-state index contributed by atoms with van der Waals surface area (Å²) in [6, 6.07) is 9.47. The summed E-state index contributed by atoms with van der Waals surface area (Å²) in [5, 5.41) is 8.21. The van der Waals surface area contributed by atoms with Crippen molar-refractivity contribution in [2.45, 2.75) is 39.8 Å². The van der Waals surface area contributed by atoms with Crippen LogP contribution in [-0.4, -0.2) is 41.0 Å². The highest BCUT2D eigenvalue weighted by atomic mass is 32.2. The molecular weight excluding hydrogens is 416 g/mol. The van der Waals surface area contributed by atoms with E-state index >= 15 is 0 Å². The molecule has 162 valence electrons. The van der Waals surface area contributed by atoms with Crippen molar-refractivity contribution in [3.8, 4) is 11.5 Å². The molecular formula is C21H24N6O3S. The molecule has 1 aromatic carbocycles. The Bertz CT molecular complexity index is 1160. The van der Waals surface area contributed by atoms with Gasteiger partial charge < -0.3 is 4.57 Å². The van der Waals surface area contributed by atoms with E-state index in [1.54, 1.807) is 11.2 Å². The molecule has 3 aromatic rings. The second-order valence-electron chi connectivity index (χ2n) is 7.71. The van der Waals surface area contributed by atoms with E-state index in [1.165, 1.54) is 0 Å². The van der Waals surface area contributed by atoms with Crippen LogP contribution in [0, 0.1) is 6.92 Å². The van der Waals surface area contributed by atoms with Gasteiger partial charge >= 0.3 is 0 Å². The predicted molar refractivity (Wildman–Crippen MR) is 118 cm³/mol. The van der Waals surface area contributed by atoms with Crippen molar-refractivity contribution in [1.82, 2.24) is 24.5 Å². The summed E-state index contributed by atoms with van der Waals surface area (Å²) in [7, 11) is 0. The van der Waals surface area contributed by atoms with E-state index in [9.17, 15) is 9.00 Å². The Labute approximate surface area is 182 Å². The normalized spacial score (nSPS) is 14.4. The molecule has 0 bridgehead atoms. The van der Waals surface area contributed by atoms with E-state index in [-0.39, 0.29) is 11.9 Å². The fourth-order valence-corrected chi connectivity index (χ4v) is 4.14. The van der Waals surface area contributed by atoms with Gasteiger partial charge in [-0.05, 0) is 62.1 Å². The first kappa shape index (κ1) is 21.3. The summed E-state index contributed by atoms with van der Waals surface area (Å²) < 4.78 is 24.3. The molecule has 1 aliphatic rings. The number of benzene rings is 1. The first-order chi connectivity index (χ1) is 14.9. The lowest BCUT2D eigenvalue weighted by molar-refractivity contribution is 0.0996. The maximum Gasteiger partial charge on any atom is 0.260 e. The average molecular weight is 441 g/mol. The minimum atomic E-state index is -2.06. The molecule has 2 N–H and O–H groups in total. The quantitative estimate of drug-likeness (QED) is 0.546. The molecule has 0 saturated carbocycles. The molecule has 0 saturated heterocycles. The third-order valence-corrected chi connectivity index (χ3v) is 5.88. The maximum absolute atomic E-state index is 13.2. The standard InChI is InChI=1S/C21H24N6O3S/c1-13(2)27-12-22-25-20(27)18-5-4-6-19(24-18)26-11-17-15(9-10-23-31(29)30)14(3)7-8-16(17)21(26)28/h4-8,12-13,23H,9-11H2,1-3H3,(H,29,30). The van der Waals surface area contributed by atoms with Gasteiger partial charge in [-0.25, -0.2) is 13.9 Å². The molecule has 31 heavy (non-hydrogen) atoms. The molecule has 4 rings (SSSR count). The van der Waals surface area contributed by atoms with Crippen LogP contribution in [0.4, 0.5) is 5.82 Å². The third kappa shape index (κ3) is 4.14. The number of amides is 1. The van der Waals surface area contributed by atoms with Crippen LogP contribution in [0.5, 0.6) is 0 Å². The van der Waals surface area contributed by atoms with Gasteiger partial charge in [0.05, 0.1) is 6.54 Å². The summed E-state index contributed by atoms with van der Waals surface area (Å²) in [4.78, 5) is 19.5. The van der Waals surface area contributed by atoms with E-state index < -0.39 is 11.3 Å². The lowest BCUT2D eigenvalue weighted by Gasteiger charge is -2.16. The van der Waals surface area contributed by atoms with Crippen LogP contribution in [0.25, 0.3) is 11.5 Å². The highest BCUT2D eigenvalue weighted by Gasteiger charge is 2.32.